The Morgan fingerprint density at radius 1 is 1.27 bits per heavy atom. The van der Waals surface area contributed by atoms with E-state index in [-0.39, 0.29) is 25.8 Å². The molecule has 1 rings (SSSR count). The molecule has 0 aliphatic carbocycles. The fourth-order valence-corrected chi connectivity index (χ4v) is 0.802. The van der Waals surface area contributed by atoms with Crippen LogP contribution >= 0.6 is 0 Å². The minimum atomic E-state index is -0.821. The number of nitrogens with zero attached hydrogens (tertiary/aromatic N) is 1. The number of nitrogens with one attached hydrogen (secondary N) is 2. The van der Waals surface area contributed by atoms with E-state index in [1.807, 2.05) is 4.98 Å². The largest absolute Gasteiger partial charge is 0.464 e. The Hall–Kier alpha value is -1.67. The van der Waals surface area contributed by atoms with Crippen LogP contribution in [0.4, 0.5) is 0 Å². The number of aromatic amines is 2. The molecule has 0 aliphatic heterocycles. The highest BCUT2D eigenvalue weighted by molar-refractivity contribution is 4.88. The Morgan fingerprint density at radius 2 is 1.93 bits per heavy atom. The number of hydrogen-bond acceptors (Lipinski definition) is 6. The van der Waals surface area contributed by atoms with Gasteiger partial charge in [-0.1, -0.05) is 0 Å². The van der Waals surface area contributed by atoms with E-state index < -0.39 is 17.3 Å². The van der Waals surface area contributed by atoms with Crippen LogP contribution in [0.25, 0.3) is 0 Å². The molecule has 0 saturated heterocycles. The summed E-state index contributed by atoms with van der Waals surface area (Å²) in [6, 6.07) is -0.240. The number of H-pyrrole nitrogens is 2. The zero-order valence-electron chi connectivity index (χ0n) is 7.77. The Balaban J connectivity index is 2.65. The van der Waals surface area contributed by atoms with Gasteiger partial charge in [-0.3, -0.25) is 9.97 Å². The first-order valence-corrected chi connectivity index (χ1v) is 4.21. The van der Waals surface area contributed by atoms with Crippen molar-refractivity contribution >= 4 is 0 Å². The Labute approximate surface area is 83.6 Å². The molecule has 0 saturated carbocycles. The van der Waals surface area contributed by atoms with Crippen molar-refractivity contribution in [2.45, 2.75) is 0 Å². The maximum Gasteiger partial charge on any atom is 0.353 e. The molecule has 0 aromatic carbocycles. The van der Waals surface area contributed by atoms with Crippen LogP contribution in [0.5, 0.6) is 6.01 Å². The van der Waals surface area contributed by atoms with Crippen LogP contribution in [0.2, 0.25) is 0 Å². The van der Waals surface area contributed by atoms with Crippen molar-refractivity contribution in [3.05, 3.63) is 21.0 Å². The molecule has 4 N–H and O–H groups in total. The molecule has 1 aromatic rings. The molecule has 1 aromatic heterocycles. The summed E-state index contributed by atoms with van der Waals surface area (Å²) in [4.78, 5) is 28.8. The minimum absolute atomic E-state index is 0.0423. The second-order valence-electron chi connectivity index (χ2n) is 2.84. The summed E-state index contributed by atoms with van der Waals surface area (Å²) in [6.07, 6.45) is 0. The third kappa shape index (κ3) is 3.52. The molecule has 1 heterocycles. The van der Waals surface area contributed by atoms with Gasteiger partial charge in [0.25, 0.3) is 0 Å². The maximum atomic E-state index is 10.8. The summed E-state index contributed by atoms with van der Waals surface area (Å²) in [5.41, 5.74) is -1.55. The minimum Gasteiger partial charge on any atom is -0.464 e. The van der Waals surface area contributed by atoms with Crippen molar-refractivity contribution in [1.29, 1.82) is 0 Å². The summed E-state index contributed by atoms with van der Waals surface area (Å²) < 4.78 is 4.90. The molecule has 0 bridgehead atoms. The van der Waals surface area contributed by atoms with Gasteiger partial charge in [0.15, 0.2) is 0 Å². The quantitative estimate of drug-likeness (QED) is 0.429. The molecular weight excluding hydrogens is 206 g/mol. The lowest BCUT2D eigenvalue weighted by Crippen LogP contribution is -2.27. The van der Waals surface area contributed by atoms with Gasteiger partial charge in [0, 0.05) is 5.92 Å². The molecule has 15 heavy (non-hydrogen) atoms. The standard InChI is InChI=1S/C7H11N3O5/c11-1-4(2-12)3-15-7-9-5(13)8-6(14)10-7/h4,11-12H,1-3H2,(H2,8,9,10,13,14). The second kappa shape index (κ2) is 5.27. The molecule has 8 heteroatoms. The van der Waals surface area contributed by atoms with E-state index in [4.69, 9.17) is 14.9 Å². The van der Waals surface area contributed by atoms with E-state index >= 15 is 0 Å². The van der Waals surface area contributed by atoms with E-state index in [0.717, 1.165) is 0 Å². The third-order valence-corrected chi connectivity index (χ3v) is 1.62. The second-order valence-corrected chi connectivity index (χ2v) is 2.84. The van der Waals surface area contributed by atoms with Crippen LogP contribution in [0.1, 0.15) is 0 Å². The lowest BCUT2D eigenvalue weighted by Gasteiger charge is -2.10. The molecule has 0 amide bonds. The first kappa shape index (κ1) is 11.4. The average Bonchev–Trinajstić information content (AvgIpc) is 2.18. The summed E-state index contributed by atoms with van der Waals surface area (Å²) in [5.74, 6) is -0.477. The van der Waals surface area contributed by atoms with Gasteiger partial charge in [0.05, 0.1) is 19.8 Å². The van der Waals surface area contributed by atoms with E-state index in [2.05, 4.69) is 9.97 Å². The SMILES string of the molecule is O=c1nc(OCC(CO)CO)[nH]c(=O)[nH]1. The number of hydrogen-bond donors (Lipinski definition) is 4. The van der Waals surface area contributed by atoms with Gasteiger partial charge in [0.1, 0.15) is 0 Å². The lowest BCUT2D eigenvalue weighted by atomic mass is 10.2. The van der Waals surface area contributed by atoms with Crippen molar-refractivity contribution in [3.63, 3.8) is 0 Å². The zero-order valence-corrected chi connectivity index (χ0v) is 7.77. The number of aliphatic hydroxyl groups excluding tert-OH is 2. The van der Waals surface area contributed by atoms with Crippen molar-refractivity contribution < 1.29 is 14.9 Å². The molecule has 84 valence electrons. The van der Waals surface area contributed by atoms with Gasteiger partial charge in [-0.25, -0.2) is 9.59 Å². The summed E-state index contributed by atoms with van der Waals surface area (Å²) in [7, 11) is 0. The van der Waals surface area contributed by atoms with Crippen LogP contribution in [0.3, 0.4) is 0 Å². The van der Waals surface area contributed by atoms with E-state index in [1.54, 1.807) is 0 Å². The zero-order chi connectivity index (χ0) is 11.3. The Kier molecular flexibility index (Phi) is 4.01. The molecule has 0 aliphatic rings. The highest BCUT2D eigenvalue weighted by Gasteiger charge is 2.08. The monoisotopic (exact) mass is 217 g/mol. The number of rotatable bonds is 5. The molecule has 0 radical (unpaired) electrons. The van der Waals surface area contributed by atoms with E-state index in [9.17, 15) is 9.59 Å². The van der Waals surface area contributed by atoms with Crippen molar-refractivity contribution in [2.75, 3.05) is 19.8 Å². The van der Waals surface area contributed by atoms with Gasteiger partial charge in [-0.15, -0.1) is 4.98 Å². The predicted octanol–water partition coefficient (Wildman–Crippen LogP) is -2.56. The van der Waals surface area contributed by atoms with Gasteiger partial charge < -0.3 is 14.9 Å². The fraction of sp³-hybridized carbons (Fsp3) is 0.571. The lowest BCUT2D eigenvalue weighted by molar-refractivity contribution is 0.102. The highest BCUT2D eigenvalue weighted by atomic mass is 16.5. The summed E-state index contributed by atoms with van der Waals surface area (Å²) in [6.45, 7) is -0.562. The first-order chi connectivity index (χ1) is 7.15. The highest BCUT2D eigenvalue weighted by Crippen LogP contribution is 1.98. The van der Waals surface area contributed by atoms with Crippen LogP contribution < -0.4 is 16.1 Å². The Bertz CT molecular complexity index is 379. The van der Waals surface area contributed by atoms with Gasteiger partial charge in [-0.2, -0.15) is 0 Å². The fourth-order valence-electron chi connectivity index (χ4n) is 0.802. The Morgan fingerprint density at radius 3 is 2.47 bits per heavy atom. The van der Waals surface area contributed by atoms with Crippen LogP contribution in [-0.4, -0.2) is 45.0 Å². The summed E-state index contributed by atoms with van der Waals surface area (Å²) >= 11 is 0. The normalized spacial score (nSPS) is 10.6. The number of aromatic nitrogens is 3. The van der Waals surface area contributed by atoms with Crippen LogP contribution in [-0.2, 0) is 0 Å². The molecule has 0 fully saturated rings. The van der Waals surface area contributed by atoms with Gasteiger partial charge in [-0.05, 0) is 0 Å². The number of ether oxygens (including phenoxy) is 1. The molecule has 0 spiro atoms. The average molecular weight is 217 g/mol. The van der Waals surface area contributed by atoms with Crippen molar-refractivity contribution in [3.8, 4) is 6.01 Å². The van der Waals surface area contributed by atoms with Crippen LogP contribution in [0, 0.1) is 5.92 Å². The van der Waals surface area contributed by atoms with Gasteiger partial charge >= 0.3 is 17.4 Å². The van der Waals surface area contributed by atoms with Crippen molar-refractivity contribution in [2.24, 2.45) is 5.92 Å². The molecular formula is C7H11N3O5. The molecule has 8 nitrogen and oxygen atoms in total. The number of aliphatic hydroxyl groups is 2. The third-order valence-electron chi connectivity index (χ3n) is 1.62. The predicted molar refractivity (Wildman–Crippen MR) is 48.6 cm³/mol. The van der Waals surface area contributed by atoms with Crippen molar-refractivity contribution in [1.82, 2.24) is 15.0 Å². The smallest absolute Gasteiger partial charge is 0.353 e. The topological polar surface area (TPSA) is 128 Å². The molecule has 0 atom stereocenters. The molecule has 0 unspecified atom stereocenters. The maximum absolute atomic E-state index is 10.8. The van der Waals surface area contributed by atoms with Gasteiger partial charge in [0.2, 0.25) is 0 Å². The van der Waals surface area contributed by atoms with E-state index in [1.165, 1.54) is 0 Å². The first-order valence-electron chi connectivity index (χ1n) is 4.21. The summed E-state index contributed by atoms with van der Waals surface area (Å²) in [5, 5.41) is 17.4. The van der Waals surface area contributed by atoms with E-state index in [0.29, 0.717) is 0 Å². The van der Waals surface area contributed by atoms with Crippen LogP contribution in [0.15, 0.2) is 9.59 Å².